The summed E-state index contributed by atoms with van der Waals surface area (Å²) in [5.41, 5.74) is 1.45. The van der Waals surface area contributed by atoms with Crippen molar-refractivity contribution in [3.05, 3.63) is 41.9 Å². The Bertz CT molecular complexity index is 301. The highest BCUT2D eigenvalue weighted by Gasteiger charge is 2.22. The van der Waals surface area contributed by atoms with Gasteiger partial charge in [-0.3, -0.25) is 4.90 Å². The van der Waals surface area contributed by atoms with Gasteiger partial charge < -0.3 is 0 Å². The van der Waals surface area contributed by atoms with Gasteiger partial charge in [0.05, 0.1) is 0 Å². The van der Waals surface area contributed by atoms with E-state index in [0.717, 1.165) is 6.54 Å². The Morgan fingerprint density at radius 1 is 1.06 bits per heavy atom. The van der Waals surface area contributed by atoms with Crippen molar-refractivity contribution in [2.45, 2.75) is 52.0 Å². The van der Waals surface area contributed by atoms with Gasteiger partial charge in [0.15, 0.2) is 0 Å². The van der Waals surface area contributed by atoms with Crippen LogP contribution in [-0.2, 0) is 6.54 Å². The molecule has 1 aliphatic rings. The summed E-state index contributed by atoms with van der Waals surface area (Å²) >= 11 is 0. The Morgan fingerprint density at radius 3 is 2.41 bits per heavy atom. The standard InChI is InChI=1S/C16H24N/c1-2-3-13-17(16-11-7-8-12-16)14-15-9-5-4-6-10-15/h4-6,9-10H,2-3,7-8,11-14H2,1H3. The van der Waals surface area contributed by atoms with E-state index >= 15 is 0 Å². The van der Waals surface area contributed by atoms with E-state index in [2.05, 4.69) is 42.2 Å². The van der Waals surface area contributed by atoms with Crippen LogP contribution in [0.1, 0.15) is 51.0 Å². The average molecular weight is 230 g/mol. The van der Waals surface area contributed by atoms with Crippen LogP contribution >= 0.6 is 0 Å². The third-order valence-electron chi connectivity index (χ3n) is 3.63. The van der Waals surface area contributed by atoms with E-state index in [-0.39, 0.29) is 0 Å². The van der Waals surface area contributed by atoms with Crippen LogP contribution < -0.4 is 0 Å². The second-order valence-electron chi connectivity index (χ2n) is 5.03. The SMILES string of the molecule is CCCCN(Cc1ccccc1)[C]1CCCC1. The van der Waals surface area contributed by atoms with E-state index in [1.54, 1.807) is 6.04 Å². The third kappa shape index (κ3) is 3.85. The largest absolute Gasteiger partial charge is 0.292 e. The molecule has 0 spiro atoms. The van der Waals surface area contributed by atoms with Gasteiger partial charge in [0.1, 0.15) is 0 Å². The zero-order valence-corrected chi connectivity index (χ0v) is 11.0. The Hall–Kier alpha value is -0.820. The van der Waals surface area contributed by atoms with Crippen molar-refractivity contribution >= 4 is 0 Å². The minimum atomic E-state index is 1.11. The van der Waals surface area contributed by atoms with Crippen LogP contribution in [-0.4, -0.2) is 11.4 Å². The molecule has 0 amide bonds. The summed E-state index contributed by atoms with van der Waals surface area (Å²) in [5, 5.41) is 0. The number of hydrogen-bond acceptors (Lipinski definition) is 1. The van der Waals surface area contributed by atoms with E-state index in [4.69, 9.17) is 0 Å². The van der Waals surface area contributed by atoms with E-state index in [1.165, 1.54) is 50.6 Å². The van der Waals surface area contributed by atoms with Crippen molar-refractivity contribution in [1.82, 2.24) is 4.90 Å². The van der Waals surface area contributed by atoms with Crippen molar-refractivity contribution in [3.8, 4) is 0 Å². The predicted molar refractivity (Wildman–Crippen MR) is 73.5 cm³/mol. The Kier molecular flexibility index (Phi) is 5.06. The number of hydrogen-bond donors (Lipinski definition) is 0. The molecule has 17 heavy (non-hydrogen) atoms. The van der Waals surface area contributed by atoms with Gasteiger partial charge in [-0.1, -0.05) is 56.5 Å². The Balaban J connectivity index is 1.94. The predicted octanol–water partition coefficient (Wildman–Crippen LogP) is 4.39. The van der Waals surface area contributed by atoms with Crippen LogP contribution in [0.15, 0.2) is 30.3 Å². The van der Waals surface area contributed by atoms with Crippen molar-refractivity contribution < 1.29 is 0 Å². The summed E-state index contributed by atoms with van der Waals surface area (Å²) in [4.78, 5) is 2.63. The van der Waals surface area contributed by atoms with Crippen molar-refractivity contribution in [2.24, 2.45) is 0 Å². The number of rotatable bonds is 6. The highest BCUT2D eigenvalue weighted by Crippen LogP contribution is 2.31. The first-order valence-electron chi connectivity index (χ1n) is 7.03. The molecule has 1 fully saturated rings. The van der Waals surface area contributed by atoms with E-state index in [9.17, 15) is 0 Å². The van der Waals surface area contributed by atoms with Crippen molar-refractivity contribution in [2.75, 3.05) is 6.54 Å². The summed E-state index contributed by atoms with van der Waals surface area (Å²) in [6.45, 7) is 4.62. The Morgan fingerprint density at radius 2 is 1.76 bits per heavy atom. The lowest BCUT2D eigenvalue weighted by Crippen LogP contribution is -2.27. The topological polar surface area (TPSA) is 3.24 Å². The lowest BCUT2D eigenvalue weighted by atomic mass is 10.1. The summed E-state index contributed by atoms with van der Waals surface area (Å²) in [6.07, 6.45) is 8.06. The van der Waals surface area contributed by atoms with Gasteiger partial charge in [-0.2, -0.15) is 0 Å². The molecule has 1 aromatic rings. The summed E-state index contributed by atoms with van der Waals surface area (Å²) in [5.74, 6) is 0. The van der Waals surface area contributed by atoms with Gasteiger partial charge in [-0.15, -0.1) is 0 Å². The molecule has 2 rings (SSSR count). The molecule has 0 N–H and O–H groups in total. The maximum absolute atomic E-state index is 2.63. The maximum atomic E-state index is 2.63. The first-order chi connectivity index (χ1) is 8.40. The second kappa shape index (κ2) is 6.80. The van der Waals surface area contributed by atoms with Gasteiger partial charge in [0.25, 0.3) is 0 Å². The van der Waals surface area contributed by atoms with Crippen LogP contribution in [0, 0.1) is 6.04 Å². The molecule has 1 aromatic carbocycles. The smallest absolute Gasteiger partial charge is 0.0396 e. The van der Waals surface area contributed by atoms with Crippen LogP contribution in [0.25, 0.3) is 0 Å². The lowest BCUT2D eigenvalue weighted by molar-refractivity contribution is 0.263. The maximum Gasteiger partial charge on any atom is 0.0396 e. The molecule has 1 heteroatoms. The zero-order chi connectivity index (χ0) is 11.9. The quantitative estimate of drug-likeness (QED) is 0.700. The van der Waals surface area contributed by atoms with Gasteiger partial charge in [-0.25, -0.2) is 0 Å². The van der Waals surface area contributed by atoms with E-state index in [0.29, 0.717) is 0 Å². The molecule has 0 atom stereocenters. The highest BCUT2D eigenvalue weighted by atomic mass is 15.2. The molecule has 0 saturated heterocycles. The molecule has 1 saturated carbocycles. The number of nitrogens with zero attached hydrogens (tertiary/aromatic N) is 1. The fraction of sp³-hybridized carbons (Fsp3) is 0.562. The van der Waals surface area contributed by atoms with Crippen LogP contribution in [0.2, 0.25) is 0 Å². The van der Waals surface area contributed by atoms with Gasteiger partial charge >= 0.3 is 0 Å². The fourth-order valence-corrected chi connectivity index (χ4v) is 2.60. The highest BCUT2D eigenvalue weighted by molar-refractivity contribution is 5.15. The molecule has 0 heterocycles. The zero-order valence-electron chi connectivity index (χ0n) is 11.0. The molecular formula is C16H24N. The molecule has 1 radical (unpaired) electrons. The Labute approximate surface area is 106 Å². The van der Waals surface area contributed by atoms with Crippen LogP contribution in [0.3, 0.4) is 0 Å². The molecule has 93 valence electrons. The van der Waals surface area contributed by atoms with E-state index < -0.39 is 0 Å². The lowest BCUT2D eigenvalue weighted by Gasteiger charge is -2.28. The van der Waals surface area contributed by atoms with Gasteiger partial charge in [0.2, 0.25) is 0 Å². The van der Waals surface area contributed by atoms with Crippen LogP contribution in [0.5, 0.6) is 0 Å². The molecule has 1 aliphatic carbocycles. The monoisotopic (exact) mass is 230 g/mol. The molecule has 0 aromatic heterocycles. The van der Waals surface area contributed by atoms with Gasteiger partial charge in [0, 0.05) is 12.6 Å². The van der Waals surface area contributed by atoms with Crippen molar-refractivity contribution in [1.29, 1.82) is 0 Å². The third-order valence-corrected chi connectivity index (χ3v) is 3.63. The second-order valence-corrected chi connectivity index (χ2v) is 5.03. The van der Waals surface area contributed by atoms with Crippen LogP contribution in [0.4, 0.5) is 0 Å². The van der Waals surface area contributed by atoms with Gasteiger partial charge in [-0.05, 0) is 31.4 Å². The normalized spacial score (nSPS) is 16.8. The fourth-order valence-electron chi connectivity index (χ4n) is 2.60. The summed E-state index contributed by atoms with van der Waals surface area (Å²) in [6, 6.07) is 12.6. The number of benzene rings is 1. The molecule has 1 nitrogen and oxygen atoms in total. The minimum Gasteiger partial charge on any atom is -0.292 e. The summed E-state index contributed by atoms with van der Waals surface area (Å²) < 4.78 is 0. The molecular weight excluding hydrogens is 206 g/mol. The molecule has 0 bridgehead atoms. The first kappa shape index (κ1) is 12.6. The first-order valence-corrected chi connectivity index (χ1v) is 7.03. The van der Waals surface area contributed by atoms with E-state index in [1.807, 2.05) is 0 Å². The summed E-state index contributed by atoms with van der Waals surface area (Å²) in [7, 11) is 0. The van der Waals surface area contributed by atoms with Crippen molar-refractivity contribution in [3.63, 3.8) is 0 Å². The minimum absolute atomic E-state index is 1.11. The average Bonchev–Trinajstić information content (AvgIpc) is 2.89. The molecule has 0 unspecified atom stereocenters. The molecule has 0 aliphatic heterocycles. The number of unbranched alkanes of at least 4 members (excludes halogenated alkanes) is 1.